The molecule has 158 valence electrons. The van der Waals surface area contributed by atoms with Crippen molar-refractivity contribution in [3.63, 3.8) is 0 Å². The minimum atomic E-state index is 0. The highest BCUT2D eigenvalue weighted by molar-refractivity contribution is 14.0. The van der Waals surface area contributed by atoms with Gasteiger partial charge < -0.3 is 20.7 Å². The molecule has 3 N–H and O–H groups in total. The van der Waals surface area contributed by atoms with Gasteiger partial charge in [-0.25, -0.2) is 0 Å². The van der Waals surface area contributed by atoms with Crippen LogP contribution in [0.2, 0.25) is 0 Å². The molecule has 1 amide bonds. The number of rotatable bonds is 10. The van der Waals surface area contributed by atoms with Crippen molar-refractivity contribution in [1.29, 1.82) is 0 Å². The molecule has 1 aliphatic heterocycles. The first-order chi connectivity index (χ1) is 12.6. The maximum Gasteiger partial charge on any atom is 0.220 e. The Hall–Kier alpha value is -0.610. The fourth-order valence-corrected chi connectivity index (χ4v) is 3.27. The molecule has 0 spiro atoms. The number of aliphatic imine (C=N–C) groups is 1. The summed E-state index contributed by atoms with van der Waals surface area (Å²) in [6.45, 7) is 9.82. The molecule has 1 saturated carbocycles. The number of nitrogens with zero attached hydrogens (tertiary/aromatic N) is 2. The van der Waals surface area contributed by atoms with Crippen LogP contribution >= 0.6 is 24.0 Å². The Morgan fingerprint density at radius 3 is 2.52 bits per heavy atom. The summed E-state index contributed by atoms with van der Waals surface area (Å²) < 4.78 is 5.48. The summed E-state index contributed by atoms with van der Waals surface area (Å²) in [4.78, 5) is 18.5. The van der Waals surface area contributed by atoms with E-state index < -0.39 is 0 Å². The smallest absolute Gasteiger partial charge is 0.220 e. The van der Waals surface area contributed by atoms with Crippen molar-refractivity contribution in [3.05, 3.63) is 0 Å². The van der Waals surface area contributed by atoms with E-state index in [0.29, 0.717) is 24.4 Å². The van der Waals surface area contributed by atoms with E-state index >= 15 is 0 Å². The van der Waals surface area contributed by atoms with Gasteiger partial charge in [-0.05, 0) is 31.6 Å². The van der Waals surface area contributed by atoms with Gasteiger partial charge in [-0.3, -0.25) is 14.7 Å². The van der Waals surface area contributed by atoms with Crippen LogP contribution in [0.1, 0.15) is 46.0 Å². The lowest BCUT2D eigenvalue weighted by atomic mass is 10.0. The molecular formula is C19H38IN5O2. The fourth-order valence-electron chi connectivity index (χ4n) is 3.27. The fraction of sp³-hybridized carbons (Fsp3) is 0.895. The van der Waals surface area contributed by atoms with E-state index in [1.165, 1.54) is 0 Å². The largest absolute Gasteiger partial charge is 0.379 e. The van der Waals surface area contributed by atoms with Gasteiger partial charge in [0.15, 0.2) is 5.96 Å². The van der Waals surface area contributed by atoms with Crippen molar-refractivity contribution in [2.24, 2.45) is 10.9 Å². The van der Waals surface area contributed by atoms with Crippen LogP contribution in [-0.4, -0.2) is 75.3 Å². The third-order valence-corrected chi connectivity index (χ3v) is 4.85. The SMILES string of the molecule is CN=C(NCCCC(=O)NC1CC1)NCC(CC(C)C)N1CCOCC1.I. The van der Waals surface area contributed by atoms with Crippen molar-refractivity contribution in [2.45, 2.75) is 58.0 Å². The van der Waals surface area contributed by atoms with Gasteiger partial charge in [0, 0.05) is 51.7 Å². The normalized spacial score (nSPS) is 19.3. The van der Waals surface area contributed by atoms with Crippen molar-refractivity contribution < 1.29 is 9.53 Å². The van der Waals surface area contributed by atoms with E-state index in [0.717, 1.165) is 71.0 Å². The van der Waals surface area contributed by atoms with E-state index in [-0.39, 0.29) is 29.9 Å². The average molecular weight is 495 g/mol. The average Bonchev–Trinajstić information content (AvgIpc) is 3.44. The second-order valence-corrected chi connectivity index (χ2v) is 7.76. The van der Waals surface area contributed by atoms with Crippen molar-refractivity contribution in [3.8, 4) is 0 Å². The molecule has 2 aliphatic rings. The number of amides is 1. The maximum atomic E-state index is 11.7. The molecule has 1 saturated heterocycles. The molecule has 1 unspecified atom stereocenters. The van der Waals surface area contributed by atoms with Gasteiger partial charge in [0.2, 0.25) is 5.91 Å². The number of ether oxygens (including phenoxy) is 1. The molecule has 1 heterocycles. The maximum absolute atomic E-state index is 11.7. The Bertz CT molecular complexity index is 451. The van der Waals surface area contributed by atoms with E-state index in [2.05, 4.69) is 39.7 Å². The molecule has 1 atom stereocenters. The zero-order valence-electron chi connectivity index (χ0n) is 17.1. The van der Waals surface area contributed by atoms with Crippen LogP contribution in [0.15, 0.2) is 4.99 Å². The summed E-state index contributed by atoms with van der Waals surface area (Å²) in [6.07, 6.45) is 4.83. The van der Waals surface area contributed by atoms with Crippen LogP contribution in [0.5, 0.6) is 0 Å². The van der Waals surface area contributed by atoms with Crippen LogP contribution < -0.4 is 16.0 Å². The summed E-state index contributed by atoms with van der Waals surface area (Å²) in [5.74, 6) is 1.64. The Balaban J connectivity index is 0.00000364. The third kappa shape index (κ3) is 10.5. The van der Waals surface area contributed by atoms with Gasteiger partial charge in [-0.1, -0.05) is 13.8 Å². The molecule has 27 heavy (non-hydrogen) atoms. The molecule has 0 aromatic rings. The molecule has 7 nitrogen and oxygen atoms in total. The Morgan fingerprint density at radius 2 is 1.93 bits per heavy atom. The van der Waals surface area contributed by atoms with Gasteiger partial charge in [-0.2, -0.15) is 0 Å². The number of hydrogen-bond acceptors (Lipinski definition) is 4. The molecule has 2 fully saturated rings. The quantitative estimate of drug-likeness (QED) is 0.186. The van der Waals surface area contributed by atoms with E-state index in [1.807, 2.05) is 0 Å². The monoisotopic (exact) mass is 495 g/mol. The van der Waals surface area contributed by atoms with Crippen molar-refractivity contribution >= 4 is 35.8 Å². The van der Waals surface area contributed by atoms with Gasteiger partial charge in [0.25, 0.3) is 0 Å². The van der Waals surface area contributed by atoms with Crippen LogP contribution in [0, 0.1) is 5.92 Å². The molecule has 2 rings (SSSR count). The summed E-state index contributed by atoms with van der Waals surface area (Å²) in [5, 5.41) is 9.80. The van der Waals surface area contributed by atoms with Gasteiger partial charge in [0.05, 0.1) is 13.2 Å². The second kappa shape index (κ2) is 13.5. The highest BCUT2D eigenvalue weighted by Crippen LogP contribution is 2.18. The zero-order valence-corrected chi connectivity index (χ0v) is 19.5. The molecule has 0 aromatic heterocycles. The lowest BCUT2D eigenvalue weighted by molar-refractivity contribution is -0.121. The first kappa shape index (κ1) is 24.4. The number of halogens is 1. The molecule has 8 heteroatoms. The summed E-state index contributed by atoms with van der Waals surface area (Å²) in [7, 11) is 1.79. The topological polar surface area (TPSA) is 78.0 Å². The number of nitrogens with one attached hydrogen (secondary N) is 3. The van der Waals surface area contributed by atoms with Crippen molar-refractivity contribution in [2.75, 3.05) is 46.4 Å². The number of morpholine rings is 1. The Labute approximate surface area is 181 Å². The van der Waals surface area contributed by atoms with E-state index in [4.69, 9.17) is 4.74 Å². The van der Waals surface area contributed by atoms with Crippen LogP contribution in [-0.2, 0) is 9.53 Å². The second-order valence-electron chi connectivity index (χ2n) is 7.76. The third-order valence-electron chi connectivity index (χ3n) is 4.85. The predicted octanol–water partition coefficient (Wildman–Crippen LogP) is 1.58. The lowest BCUT2D eigenvalue weighted by Gasteiger charge is -2.35. The highest BCUT2D eigenvalue weighted by Gasteiger charge is 2.23. The molecule has 0 radical (unpaired) electrons. The van der Waals surface area contributed by atoms with Gasteiger partial charge >= 0.3 is 0 Å². The predicted molar refractivity (Wildman–Crippen MR) is 121 cm³/mol. The standard InChI is InChI=1S/C19H37N5O2.HI/c1-15(2)13-17(24-9-11-26-12-10-24)14-22-19(20-3)21-8-4-5-18(25)23-16-6-7-16;/h15-17H,4-14H2,1-3H3,(H,23,25)(H2,20,21,22);1H. The van der Waals surface area contributed by atoms with Gasteiger partial charge in [-0.15, -0.1) is 24.0 Å². The minimum absolute atomic E-state index is 0. The minimum Gasteiger partial charge on any atom is -0.379 e. The Kier molecular flexibility index (Phi) is 12.3. The van der Waals surface area contributed by atoms with E-state index in [9.17, 15) is 4.79 Å². The summed E-state index contributed by atoms with van der Waals surface area (Å²) in [5.41, 5.74) is 0. The number of guanidine groups is 1. The molecular weight excluding hydrogens is 457 g/mol. The molecule has 1 aliphatic carbocycles. The van der Waals surface area contributed by atoms with Gasteiger partial charge in [0.1, 0.15) is 0 Å². The number of carbonyl (C=O) groups excluding carboxylic acids is 1. The van der Waals surface area contributed by atoms with Crippen LogP contribution in [0.25, 0.3) is 0 Å². The van der Waals surface area contributed by atoms with Crippen LogP contribution in [0.4, 0.5) is 0 Å². The van der Waals surface area contributed by atoms with Crippen LogP contribution in [0.3, 0.4) is 0 Å². The number of carbonyl (C=O) groups is 1. The van der Waals surface area contributed by atoms with E-state index in [1.54, 1.807) is 7.05 Å². The first-order valence-corrected chi connectivity index (χ1v) is 10.1. The summed E-state index contributed by atoms with van der Waals surface area (Å²) in [6, 6.07) is 0.935. The number of hydrogen-bond donors (Lipinski definition) is 3. The lowest BCUT2D eigenvalue weighted by Crippen LogP contribution is -2.51. The zero-order chi connectivity index (χ0) is 18.8. The summed E-state index contributed by atoms with van der Waals surface area (Å²) >= 11 is 0. The first-order valence-electron chi connectivity index (χ1n) is 10.1. The highest BCUT2D eigenvalue weighted by atomic mass is 127. The van der Waals surface area contributed by atoms with Crippen molar-refractivity contribution in [1.82, 2.24) is 20.9 Å². The Morgan fingerprint density at radius 1 is 1.22 bits per heavy atom. The molecule has 0 aromatic carbocycles. The molecule has 0 bridgehead atoms.